The second kappa shape index (κ2) is 5.66. The van der Waals surface area contributed by atoms with E-state index < -0.39 is 17.7 Å². The van der Waals surface area contributed by atoms with Crippen LogP contribution in [0.5, 0.6) is 0 Å². The van der Waals surface area contributed by atoms with Gasteiger partial charge in [0.1, 0.15) is 11.5 Å². The quantitative estimate of drug-likeness (QED) is 0.912. The molecule has 0 spiro atoms. The van der Waals surface area contributed by atoms with Crippen molar-refractivity contribution in [1.29, 1.82) is 0 Å². The third-order valence-corrected chi connectivity index (χ3v) is 2.76. The number of para-hydroxylation sites is 1. The average Bonchev–Trinajstić information content (AvgIpc) is 2.41. The number of hydrogen-bond acceptors (Lipinski definition) is 3. The van der Waals surface area contributed by atoms with E-state index in [2.05, 4.69) is 10.3 Å². The number of amides is 1. The monoisotopic (exact) mass is 294 g/mol. The summed E-state index contributed by atoms with van der Waals surface area (Å²) in [4.78, 5) is 26.6. The highest BCUT2D eigenvalue weighted by Crippen LogP contribution is 2.26. The smallest absolute Gasteiger partial charge is 0.337 e. The zero-order valence-electron chi connectivity index (χ0n) is 9.93. The minimum Gasteiger partial charge on any atom is -0.478 e. The molecule has 0 atom stereocenters. The highest BCUT2D eigenvalue weighted by atomic mass is 35.5. The van der Waals surface area contributed by atoms with Crippen molar-refractivity contribution in [3.63, 3.8) is 0 Å². The van der Waals surface area contributed by atoms with Crippen molar-refractivity contribution in [3.8, 4) is 0 Å². The Balaban J connectivity index is 2.32. The molecule has 5 nitrogen and oxygen atoms in total. The molecule has 1 aromatic carbocycles. The molecular formula is C13H8ClFN2O3. The molecule has 0 bridgehead atoms. The Morgan fingerprint density at radius 3 is 2.60 bits per heavy atom. The van der Waals surface area contributed by atoms with Crippen LogP contribution in [0.3, 0.4) is 0 Å². The summed E-state index contributed by atoms with van der Waals surface area (Å²) in [6, 6.07) is 6.47. The molecule has 0 saturated heterocycles. The lowest BCUT2D eigenvalue weighted by Crippen LogP contribution is -2.16. The van der Waals surface area contributed by atoms with E-state index in [1.165, 1.54) is 24.3 Å². The van der Waals surface area contributed by atoms with Gasteiger partial charge in [-0.15, -0.1) is 0 Å². The number of aromatic carboxylic acids is 1. The van der Waals surface area contributed by atoms with Crippen LogP contribution in [0.25, 0.3) is 0 Å². The second-order valence-corrected chi connectivity index (χ2v) is 4.19. The Hall–Kier alpha value is -2.47. The van der Waals surface area contributed by atoms with Crippen LogP contribution >= 0.6 is 11.6 Å². The molecule has 20 heavy (non-hydrogen) atoms. The lowest BCUT2D eigenvalue weighted by Gasteiger charge is -2.09. The number of rotatable bonds is 3. The van der Waals surface area contributed by atoms with Gasteiger partial charge in [-0.3, -0.25) is 4.79 Å². The number of nitrogens with zero attached hydrogens (tertiary/aromatic N) is 1. The molecule has 1 heterocycles. The lowest BCUT2D eigenvalue weighted by molar-refractivity contribution is 0.0698. The average molecular weight is 295 g/mol. The lowest BCUT2D eigenvalue weighted by atomic mass is 10.1. The fourth-order valence-electron chi connectivity index (χ4n) is 1.52. The highest BCUT2D eigenvalue weighted by Gasteiger charge is 2.17. The molecule has 2 aromatic rings. The standard InChI is InChI=1S/C13H8ClFN2O3/c14-9-3-1-2-8(13(19)20)11(9)17-12(18)10-5-4-7(15)6-16-10/h1-6H,(H,17,18)(H,19,20). The van der Waals surface area contributed by atoms with E-state index in [1.807, 2.05) is 0 Å². The van der Waals surface area contributed by atoms with Gasteiger partial charge < -0.3 is 10.4 Å². The van der Waals surface area contributed by atoms with Gasteiger partial charge in [-0.25, -0.2) is 14.2 Å². The molecule has 0 aliphatic heterocycles. The van der Waals surface area contributed by atoms with E-state index in [4.69, 9.17) is 16.7 Å². The molecule has 0 aliphatic carbocycles. The molecule has 0 fully saturated rings. The molecule has 7 heteroatoms. The molecule has 0 unspecified atom stereocenters. The molecule has 2 rings (SSSR count). The number of carboxylic acids is 1. The van der Waals surface area contributed by atoms with Crippen molar-refractivity contribution in [2.45, 2.75) is 0 Å². The van der Waals surface area contributed by atoms with Gasteiger partial charge in [-0.1, -0.05) is 17.7 Å². The van der Waals surface area contributed by atoms with Gasteiger partial charge in [0.2, 0.25) is 0 Å². The van der Waals surface area contributed by atoms with Crippen LogP contribution in [0.2, 0.25) is 5.02 Å². The van der Waals surface area contributed by atoms with Crippen molar-refractivity contribution >= 4 is 29.2 Å². The first kappa shape index (κ1) is 14.0. The van der Waals surface area contributed by atoms with E-state index in [1.54, 1.807) is 0 Å². The van der Waals surface area contributed by atoms with Crippen molar-refractivity contribution < 1.29 is 19.1 Å². The first-order chi connectivity index (χ1) is 9.49. The van der Waals surface area contributed by atoms with Gasteiger partial charge in [-0.2, -0.15) is 0 Å². The minimum atomic E-state index is -1.23. The Labute approximate surface area is 118 Å². The molecule has 0 aliphatic rings. The zero-order chi connectivity index (χ0) is 14.7. The van der Waals surface area contributed by atoms with Crippen LogP contribution in [0.15, 0.2) is 36.5 Å². The maximum absolute atomic E-state index is 12.7. The summed E-state index contributed by atoms with van der Waals surface area (Å²) in [5, 5.41) is 11.5. The van der Waals surface area contributed by atoms with E-state index in [-0.39, 0.29) is 22.0 Å². The predicted molar refractivity (Wildman–Crippen MR) is 70.6 cm³/mol. The number of nitrogens with one attached hydrogen (secondary N) is 1. The van der Waals surface area contributed by atoms with Gasteiger partial charge >= 0.3 is 5.97 Å². The molecule has 102 valence electrons. The first-order valence-electron chi connectivity index (χ1n) is 5.44. The van der Waals surface area contributed by atoms with Crippen LogP contribution < -0.4 is 5.32 Å². The van der Waals surface area contributed by atoms with Gasteiger partial charge in [-0.05, 0) is 24.3 Å². The SMILES string of the molecule is O=C(Nc1c(Cl)cccc1C(=O)O)c1ccc(F)cn1. The summed E-state index contributed by atoms with van der Waals surface area (Å²) >= 11 is 5.87. The summed E-state index contributed by atoms with van der Waals surface area (Å²) < 4.78 is 12.7. The second-order valence-electron chi connectivity index (χ2n) is 3.78. The number of hydrogen-bond donors (Lipinski definition) is 2. The third kappa shape index (κ3) is 2.92. The van der Waals surface area contributed by atoms with Crippen LogP contribution in [0.1, 0.15) is 20.8 Å². The van der Waals surface area contributed by atoms with Gasteiger partial charge in [0, 0.05) is 0 Å². The maximum atomic E-state index is 12.7. The molecule has 0 radical (unpaired) electrons. The number of halogens is 2. The van der Waals surface area contributed by atoms with Gasteiger partial charge in [0.05, 0.1) is 22.5 Å². The Morgan fingerprint density at radius 2 is 2.00 bits per heavy atom. The fourth-order valence-corrected chi connectivity index (χ4v) is 1.74. The summed E-state index contributed by atoms with van der Waals surface area (Å²) in [5.74, 6) is -2.49. The zero-order valence-corrected chi connectivity index (χ0v) is 10.7. The number of anilines is 1. The van der Waals surface area contributed by atoms with Crippen LogP contribution in [-0.2, 0) is 0 Å². The summed E-state index contributed by atoms with van der Waals surface area (Å²) in [6.07, 6.45) is 0.889. The largest absolute Gasteiger partial charge is 0.478 e. The van der Waals surface area contributed by atoms with Crippen LogP contribution in [0, 0.1) is 5.82 Å². The molecular weight excluding hydrogens is 287 g/mol. The molecule has 2 N–H and O–H groups in total. The summed E-state index contributed by atoms with van der Waals surface area (Å²) in [5.41, 5.74) is -0.228. The fraction of sp³-hybridized carbons (Fsp3) is 0. The highest BCUT2D eigenvalue weighted by molar-refractivity contribution is 6.34. The minimum absolute atomic E-state index is 0.0298. The number of aromatic nitrogens is 1. The van der Waals surface area contributed by atoms with Crippen molar-refractivity contribution in [1.82, 2.24) is 4.98 Å². The van der Waals surface area contributed by atoms with Gasteiger partial charge in [0.15, 0.2) is 0 Å². The van der Waals surface area contributed by atoms with Gasteiger partial charge in [0.25, 0.3) is 5.91 Å². The Bertz CT molecular complexity index is 674. The predicted octanol–water partition coefficient (Wildman–Crippen LogP) is 2.82. The van der Waals surface area contributed by atoms with Crippen molar-refractivity contribution in [3.05, 3.63) is 58.6 Å². The van der Waals surface area contributed by atoms with Crippen LogP contribution in [-0.4, -0.2) is 22.0 Å². The topological polar surface area (TPSA) is 79.3 Å². The van der Waals surface area contributed by atoms with E-state index >= 15 is 0 Å². The normalized spacial score (nSPS) is 10.1. The Morgan fingerprint density at radius 1 is 1.25 bits per heavy atom. The van der Waals surface area contributed by atoms with E-state index in [0.29, 0.717) is 0 Å². The van der Waals surface area contributed by atoms with E-state index in [9.17, 15) is 14.0 Å². The molecule has 1 aromatic heterocycles. The summed E-state index contributed by atoms with van der Waals surface area (Å²) in [7, 11) is 0. The molecule has 0 saturated carbocycles. The number of carbonyl (C=O) groups is 2. The Kier molecular flexibility index (Phi) is 3.95. The van der Waals surface area contributed by atoms with E-state index in [0.717, 1.165) is 12.3 Å². The number of carbonyl (C=O) groups excluding carboxylic acids is 1. The number of carboxylic acid groups (broad SMARTS) is 1. The first-order valence-corrected chi connectivity index (χ1v) is 5.81. The van der Waals surface area contributed by atoms with Crippen molar-refractivity contribution in [2.75, 3.05) is 5.32 Å². The summed E-state index contributed by atoms with van der Waals surface area (Å²) in [6.45, 7) is 0. The van der Waals surface area contributed by atoms with Crippen LogP contribution in [0.4, 0.5) is 10.1 Å². The number of benzene rings is 1. The maximum Gasteiger partial charge on any atom is 0.337 e. The number of pyridine rings is 1. The van der Waals surface area contributed by atoms with Crippen molar-refractivity contribution in [2.24, 2.45) is 0 Å². The molecule has 1 amide bonds. The third-order valence-electron chi connectivity index (χ3n) is 2.44.